The SMILES string of the molecule is CCCNC(COCCOC)c1ccc(F)cc1C. The molecule has 0 saturated heterocycles. The van der Waals surface area contributed by atoms with E-state index in [0.717, 1.165) is 24.1 Å². The van der Waals surface area contributed by atoms with E-state index in [2.05, 4.69) is 12.2 Å². The van der Waals surface area contributed by atoms with E-state index in [1.54, 1.807) is 13.2 Å². The quantitative estimate of drug-likeness (QED) is 0.699. The van der Waals surface area contributed by atoms with E-state index in [9.17, 15) is 4.39 Å². The van der Waals surface area contributed by atoms with Gasteiger partial charge in [-0.25, -0.2) is 4.39 Å². The van der Waals surface area contributed by atoms with E-state index < -0.39 is 0 Å². The van der Waals surface area contributed by atoms with Crippen LogP contribution in [-0.4, -0.2) is 33.5 Å². The highest BCUT2D eigenvalue weighted by Crippen LogP contribution is 2.19. The molecule has 0 radical (unpaired) electrons. The maximum Gasteiger partial charge on any atom is 0.123 e. The van der Waals surface area contributed by atoms with Crippen LogP contribution < -0.4 is 5.32 Å². The first-order valence-electron chi connectivity index (χ1n) is 6.75. The summed E-state index contributed by atoms with van der Waals surface area (Å²) < 4.78 is 23.7. The van der Waals surface area contributed by atoms with Crippen LogP contribution in [0.4, 0.5) is 4.39 Å². The van der Waals surface area contributed by atoms with Gasteiger partial charge in [0, 0.05) is 7.11 Å². The van der Waals surface area contributed by atoms with Crippen molar-refractivity contribution in [2.45, 2.75) is 26.3 Å². The molecule has 19 heavy (non-hydrogen) atoms. The zero-order chi connectivity index (χ0) is 14.1. The molecule has 0 spiro atoms. The van der Waals surface area contributed by atoms with Gasteiger partial charge in [-0.3, -0.25) is 0 Å². The molecule has 4 heteroatoms. The van der Waals surface area contributed by atoms with Gasteiger partial charge in [0.1, 0.15) is 5.82 Å². The third kappa shape index (κ3) is 5.68. The van der Waals surface area contributed by atoms with Crippen LogP contribution in [0.5, 0.6) is 0 Å². The molecule has 0 aromatic heterocycles. The second-order valence-corrected chi connectivity index (χ2v) is 4.58. The normalized spacial score (nSPS) is 12.6. The molecule has 1 rings (SSSR count). The number of hydrogen-bond donors (Lipinski definition) is 1. The standard InChI is InChI=1S/C15H24FNO2/c1-4-7-17-15(11-19-9-8-18-3)14-6-5-13(16)10-12(14)2/h5-6,10,15,17H,4,7-9,11H2,1-3H3. The van der Waals surface area contributed by atoms with E-state index in [1.165, 1.54) is 6.07 Å². The van der Waals surface area contributed by atoms with Gasteiger partial charge in [0.05, 0.1) is 25.9 Å². The van der Waals surface area contributed by atoms with Crippen molar-refractivity contribution >= 4 is 0 Å². The van der Waals surface area contributed by atoms with Crippen molar-refractivity contribution in [2.24, 2.45) is 0 Å². The van der Waals surface area contributed by atoms with Gasteiger partial charge in [-0.2, -0.15) is 0 Å². The van der Waals surface area contributed by atoms with Crippen molar-refractivity contribution in [3.8, 4) is 0 Å². The van der Waals surface area contributed by atoms with Crippen LogP contribution in [0, 0.1) is 12.7 Å². The number of hydrogen-bond acceptors (Lipinski definition) is 3. The lowest BCUT2D eigenvalue weighted by Crippen LogP contribution is -2.27. The lowest BCUT2D eigenvalue weighted by atomic mass is 10.0. The lowest BCUT2D eigenvalue weighted by Gasteiger charge is -2.21. The Kier molecular flexibility index (Phi) is 7.63. The molecule has 0 heterocycles. The molecule has 0 aliphatic rings. The first-order chi connectivity index (χ1) is 9.19. The lowest BCUT2D eigenvalue weighted by molar-refractivity contribution is 0.0585. The molecule has 0 fully saturated rings. The molecule has 108 valence electrons. The molecular formula is C15H24FNO2. The molecule has 1 aromatic rings. The Morgan fingerprint density at radius 3 is 2.74 bits per heavy atom. The summed E-state index contributed by atoms with van der Waals surface area (Å²) in [7, 11) is 1.65. The van der Waals surface area contributed by atoms with Crippen LogP contribution in [0.1, 0.15) is 30.5 Å². The topological polar surface area (TPSA) is 30.5 Å². The van der Waals surface area contributed by atoms with E-state index in [0.29, 0.717) is 19.8 Å². The summed E-state index contributed by atoms with van der Waals surface area (Å²) in [5.74, 6) is -0.198. The minimum Gasteiger partial charge on any atom is -0.382 e. The molecule has 0 bridgehead atoms. The van der Waals surface area contributed by atoms with Crippen LogP contribution in [-0.2, 0) is 9.47 Å². The van der Waals surface area contributed by atoms with Crippen molar-refractivity contribution in [1.29, 1.82) is 0 Å². The summed E-state index contributed by atoms with van der Waals surface area (Å²) in [5, 5.41) is 3.43. The van der Waals surface area contributed by atoms with Crippen LogP contribution >= 0.6 is 0 Å². The van der Waals surface area contributed by atoms with Crippen molar-refractivity contribution < 1.29 is 13.9 Å². The van der Waals surface area contributed by atoms with Crippen molar-refractivity contribution in [2.75, 3.05) is 33.5 Å². The van der Waals surface area contributed by atoms with Crippen molar-refractivity contribution in [1.82, 2.24) is 5.32 Å². The van der Waals surface area contributed by atoms with Gasteiger partial charge in [-0.1, -0.05) is 13.0 Å². The first kappa shape index (κ1) is 16.1. The number of benzene rings is 1. The van der Waals surface area contributed by atoms with E-state index in [-0.39, 0.29) is 11.9 Å². The summed E-state index contributed by atoms with van der Waals surface area (Å²) in [5.41, 5.74) is 2.04. The Bertz CT molecular complexity index is 371. The zero-order valence-electron chi connectivity index (χ0n) is 12.0. The van der Waals surface area contributed by atoms with Gasteiger partial charge in [0.2, 0.25) is 0 Å². The number of aryl methyl sites for hydroxylation is 1. The highest BCUT2D eigenvalue weighted by molar-refractivity contribution is 5.29. The number of methoxy groups -OCH3 is 1. The number of halogens is 1. The number of ether oxygens (including phenoxy) is 2. The van der Waals surface area contributed by atoms with Crippen LogP contribution in [0.25, 0.3) is 0 Å². The van der Waals surface area contributed by atoms with Crippen LogP contribution in [0.3, 0.4) is 0 Å². The molecule has 1 unspecified atom stereocenters. The fourth-order valence-electron chi connectivity index (χ4n) is 1.95. The molecule has 3 nitrogen and oxygen atoms in total. The summed E-state index contributed by atoms with van der Waals surface area (Å²) in [6.07, 6.45) is 1.05. The second kappa shape index (κ2) is 9.02. The summed E-state index contributed by atoms with van der Waals surface area (Å²) in [6, 6.07) is 4.98. The van der Waals surface area contributed by atoms with Gasteiger partial charge in [-0.05, 0) is 43.1 Å². The summed E-state index contributed by atoms with van der Waals surface area (Å²) in [6.45, 7) is 6.68. The Hall–Kier alpha value is -0.970. The molecule has 0 amide bonds. The van der Waals surface area contributed by atoms with Gasteiger partial charge < -0.3 is 14.8 Å². The van der Waals surface area contributed by atoms with E-state index >= 15 is 0 Å². The zero-order valence-corrected chi connectivity index (χ0v) is 12.0. The van der Waals surface area contributed by atoms with E-state index in [1.807, 2.05) is 13.0 Å². The van der Waals surface area contributed by atoms with Crippen LogP contribution in [0.2, 0.25) is 0 Å². The third-order valence-corrected chi connectivity index (χ3v) is 2.96. The van der Waals surface area contributed by atoms with Gasteiger partial charge in [-0.15, -0.1) is 0 Å². The predicted octanol–water partition coefficient (Wildman–Crippen LogP) is 2.84. The Morgan fingerprint density at radius 2 is 2.11 bits per heavy atom. The average Bonchev–Trinajstić information content (AvgIpc) is 2.39. The summed E-state index contributed by atoms with van der Waals surface area (Å²) in [4.78, 5) is 0. The molecule has 0 aliphatic heterocycles. The Morgan fingerprint density at radius 1 is 1.32 bits per heavy atom. The number of nitrogens with one attached hydrogen (secondary N) is 1. The first-order valence-corrected chi connectivity index (χ1v) is 6.75. The molecule has 1 atom stereocenters. The average molecular weight is 269 g/mol. The highest BCUT2D eigenvalue weighted by atomic mass is 19.1. The third-order valence-electron chi connectivity index (χ3n) is 2.96. The Labute approximate surface area is 115 Å². The molecule has 1 aromatic carbocycles. The van der Waals surface area contributed by atoms with Gasteiger partial charge in [0.25, 0.3) is 0 Å². The minimum atomic E-state index is -0.198. The smallest absolute Gasteiger partial charge is 0.123 e. The Balaban J connectivity index is 2.66. The van der Waals surface area contributed by atoms with E-state index in [4.69, 9.17) is 9.47 Å². The second-order valence-electron chi connectivity index (χ2n) is 4.58. The number of rotatable bonds is 9. The highest BCUT2D eigenvalue weighted by Gasteiger charge is 2.13. The molecule has 1 N–H and O–H groups in total. The molecule has 0 aliphatic carbocycles. The monoisotopic (exact) mass is 269 g/mol. The maximum atomic E-state index is 13.1. The maximum absolute atomic E-state index is 13.1. The van der Waals surface area contributed by atoms with Crippen molar-refractivity contribution in [3.63, 3.8) is 0 Å². The van der Waals surface area contributed by atoms with Crippen molar-refractivity contribution in [3.05, 3.63) is 35.1 Å². The molecule has 0 saturated carbocycles. The van der Waals surface area contributed by atoms with Gasteiger partial charge in [0.15, 0.2) is 0 Å². The summed E-state index contributed by atoms with van der Waals surface area (Å²) >= 11 is 0. The fraction of sp³-hybridized carbons (Fsp3) is 0.600. The minimum absolute atomic E-state index is 0.0948. The molecular weight excluding hydrogens is 245 g/mol. The predicted molar refractivity (Wildman–Crippen MR) is 74.9 cm³/mol. The fourth-order valence-corrected chi connectivity index (χ4v) is 1.95. The largest absolute Gasteiger partial charge is 0.382 e. The van der Waals surface area contributed by atoms with Gasteiger partial charge >= 0.3 is 0 Å². The van der Waals surface area contributed by atoms with Crippen LogP contribution in [0.15, 0.2) is 18.2 Å².